The third kappa shape index (κ3) is 3.82. The van der Waals surface area contributed by atoms with Crippen LogP contribution in [0.15, 0.2) is 60.0 Å². The van der Waals surface area contributed by atoms with Crippen LogP contribution in [0.1, 0.15) is 40.5 Å². The van der Waals surface area contributed by atoms with Crippen molar-refractivity contribution < 1.29 is 19.1 Å². The van der Waals surface area contributed by atoms with Gasteiger partial charge in [0.1, 0.15) is 0 Å². The number of amides is 2. The quantitative estimate of drug-likeness (QED) is 0.381. The molecule has 0 bridgehead atoms. The van der Waals surface area contributed by atoms with Crippen LogP contribution in [0, 0.1) is 5.41 Å². The molecule has 2 N–H and O–H groups in total. The number of aromatic nitrogens is 3. The van der Waals surface area contributed by atoms with Crippen LogP contribution < -0.4 is 5.32 Å². The van der Waals surface area contributed by atoms with E-state index in [1.807, 2.05) is 29.2 Å². The Balaban J connectivity index is 1.28. The van der Waals surface area contributed by atoms with Crippen LogP contribution in [0.5, 0.6) is 0 Å². The minimum absolute atomic E-state index is 0.0199. The van der Waals surface area contributed by atoms with Gasteiger partial charge in [0.05, 0.1) is 33.6 Å². The summed E-state index contributed by atoms with van der Waals surface area (Å²) in [6, 6.07) is 9.42. The number of fused-ring (bicyclic) bond motifs is 1. The van der Waals surface area contributed by atoms with E-state index in [1.165, 1.54) is 23.8 Å². The monoisotopic (exact) mass is 503 g/mol. The Morgan fingerprint density at radius 1 is 1.31 bits per heavy atom. The third-order valence-corrected chi connectivity index (χ3v) is 8.39. The number of rotatable bonds is 6. The summed E-state index contributed by atoms with van der Waals surface area (Å²) in [7, 11) is 0. The normalized spacial score (nSPS) is 21.1. The van der Waals surface area contributed by atoms with Gasteiger partial charge < -0.3 is 19.0 Å². The lowest BCUT2D eigenvalue weighted by atomic mass is 9.64. The van der Waals surface area contributed by atoms with Gasteiger partial charge in [0.25, 0.3) is 5.91 Å². The number of hydrogen-bond acceptors (Lipinski definition) is 7. The molecule has 2 amide bonds. The molecule has 1 aliphatic carbocycles. The number of anilines is 1. The number of aliphatic hydroxyl groups excluding tert-OH is 1. The molecule has 2 aliphatic rings. The first kappa shape index (κ1) is 22.7. The molecule has 1 aliphatic heterocycles. The molecule has 1 aromatic carbocycles. The number of aliphatic hydroxyl groups is 1. The zero-order chi connectivity index (χ0) is 24.9. The second-order valence-electron chi connectivity index (χ2n) is 9.55. The number of likely N-dealkylation sites (tertiary alicyclic amines) is 1. The molecule has 2 fully saturated rings. The van der Waals surface area contributed by atoms with Crippen molar-refractivity contribution in [1.29, 1.82) is 0 Å². The topological polar surface area (TPSA) is 113 Å². The molecule has 184 valence electrons. The van der Waals surface area contributed by atoms with Crippen LogP contribution in [0.4, 0.5) is 5.95 Å². The molecular weight excluding hydrogens is 478 g/mol. The fourth-order valence-electron chi connectivity index (χ4n) is 5.50. The van der Waals surface area contributed by atoms with Crippen molar-refractivity contribution in [2.75, 3.05) is 18.4 Å². The largest absolute Gasteiger partial charge is 0.443 e. The van der Waals surface area contributed by atoms with E-state index >= 15 is 0 Å². The summed E-state index contributed by atoms with van der Waals surface area (Å²) in [4.78, 5) is 37.2. The van der Waals surface area contributed by atoms with Crippen LogP contribution in [-0.2, 0) is 11.4 Å². The SMILES string of the molecule is C=CC(=O)N1CCC2(CC(n3c(NC(=O)c4ccc(-c5cnco5)s4)nc4cc(CO)ccc43)C2)C1. The summed E-state index contributed by atoms with van der Waals surface area (Å²) < 4.78 is 7.44. The van der Waals surface area contributed by atoms with Crippen LogP contribution in [0.3, 0.4) is 0 Å². The van der Waals surface area contributed by atoms with E-state index < -0.39 is 0 Å². The maximum Gasteiger partial charge on any atom is 0.268 e. The molecule has 10 heteroatoms. The van der Waals surface area contributed by atoms with Gasteiger partial charge in [-0.2, -0.15) is 0 Å². The zero-order valence-electron chi connectivity index (χ0n) is 19.5. The Kier molecular flexibility index (Phi) is 5.50. The summed E-state index contributed by atoms with van der Waals surface area (Å²) in [5, 5.41) is 12.6. The van der Waals surface area contributed by atoms with E-state index in [9.17, 15) is 14.7 Å². The van der Waals surface area contributed by atoms with Crippen LogP contribution in [-0.4, -0.2) is 49.4 Å². The Morgan fingerprint density at radius 3 is 2.92 bits per heavy atom. The second-order valence-corrected chi connectivity index (χ2v) is 10.6. The zero-order valence-corrected chi connectivity index (χ0v) is 20.3. The molecule has 4 aromatic rings. The van der Waals surface area contributed by atoms with Crippen molar-refractivity contribution in [2.24, 2.45) is 5.41 Å². The van der Waals surface area contributed by atoms with Gasteiger partial charge in [-0.15, -0.1) is 11.3 Å². The molecular formula is C26H25N5O4S. The molecule has 3 aromatic heterocycles. The lowest BCUT2D eigenvalue weighted by Gasteiger charge is -2.46. The van der Waals surface area contributed by atoms with Gasteiger partial charge >= 0.3 is 0 Å². The van der Waals surface area contributed by atoms with Gasteiger partial charge in [-0.1, -0.05) is 12.6 Å². The van der Waals surface area contributed by atoms with E-state index in [4.69, 9.17) is 9.40 Å². The number of benzene rings is 1. The summed E-state index contributed by atoms with van der Waals surface area (Å²) in [5.74, 6) is 0.829. The van der Waals surface area contributed by atoms with E-state index in [2.05, 4.69) is 21.4 Å². The first-order valence-electron chi connectivity index (χ1n) is 11.8. The molecule has 1 saturated carbocycles. The highest BCUT2D eigenvalue weighted by molar-refractivity contribution is 7.17. The van der Waals surface area contributed by atoms with Crippen LogP contribution >= 0.6 is 11.3 Å². The molecule has 4 heterocycles. The average Bonchev–Trinajstić information content (AvgIpc) is 3.66. The van der Waals surface area contributed by atoms with Gasteiger partial charge in [0.2, 0.25) is 11.9 Å². The average molecular weight is 504 g/mol. The highest BCUT2D eigenvalue weighted by Crippen LogP contribution is 2.55. The fraction of sp³-hybridized carbons (Fsp3) is 0.308. The van der Waals surface area contributed by atoms with Gasteiger partial charge in [-0.25, -0.2) is 9.97 Å². The molecule has 0 atom stereocenters. The van der Waals surface area contributed by atoms with Crippen molar-refractivity contribution in [2.45, 2.75) is 31.9 Å². The lowest BCUT2D eigenvalue weighted by Crippen LogP contribution is -2.42. The van der Waals surface area contributed by atoms with Gasteiger partial charge in [0, 0.05) is 19.1 Å². The molecule has 36 heavy (non-hydrogen) atoms. The number of nitrogens with one attached hydrogen (secondary N) is 1. The first-order valence-corrected chi connectivity index (χ1v) is 12.6. The highest BCUT2D eigenvalue weighted by Gasteiger charge is 2.50. The molecule has 0 radical (unpaired) electrons. The van der Waals surface area contributed by atoms with Gasteiger partial charge in [-0.3, -0.25) is 14.9 Å². The fourth-order valence-corrected chi connectivity index (χ4v) is 6.36. The van der Waals surface area contributed by atoms with Crippen molar-refractivity contribution in [3.8, 4) is 10.6 Å². The minimum atomic E-state index is -0.248. The smallest absolute Gasteiger partial charge is 0.268 e. The third-order valence-electron chi connectivity index (χ3n) is 7.29. The second kappa shape index (κ2) is 8.72. The molecule has 0 unspecified atom stereocenters. The van der Waals surface area contributed by atoms with Crippen molar-refractivity contribution in [3.63, 3.8) is 0 Å². The van der Waals surface area contributed by atoms with E-state index in [0.717, 1.165) is 53.8 Å². The number of nitrogens with zero attached hydrogens (tertiary/aromatic N) is 4. The number of oxazole rings is 1. The van der Waals surface area contributed by atoms with Crippen molar-refractivity contribution in [1.82, 2.24) is 19.4 Å². The standard InChI is InChI=1S/C26H25N5O4S/c1-2-23(33)30-8-7-26(14-30)10-17(11-26)31-19-4-3-16(13-32)9-18(19)28-25(31)29-24(34)22-6-5-21(36-22)20-12-27-15-35-20/h2-6,9,12,15,17,32H,1,7-8,10-11,13-14H2,(H,28,29,34). The Hall–Kier alpha value is -3.76. The minimum Gasteiger partial charge on any atom is -0.443 e. The lowest BCUT2D eigenvalue weighted by molar-refractivity contribution is -0.125. The predicted molar refractivity (Wildman–Crippen MR) is 136 cm³/mol. The molecule has 6 rings (SSSR count). The molecule has 1 saturated heterocycles. The highest BCUT2D eigenvalue weighted by atomic mass is 32.1. The summed E-state index contributed by atoms with van der Waals surface area (Å²) in [6.45, 7) is 5.01. The molecule has 1 spiro atoms. The Morgan fingerprint density at radius 2 is 2.17 bits per heavy atom. The van der Waals surface area contributed by atoms with Crippen molar-refractivity contribution >= 4 is 40.1 Å². The molecule has 9 nitrogen and oxygen atoms in total. The van der Waals surface area contributed by atoms with Crippen LogP contribution in [0.25, 0.3) is 21.7 Å². The van der Waals surface area contributed by atoms with Gasteiger partial charge in [0.15, 0.2) is 12.2 Å². The Bertz CT molecular complexity index is 1460. The van der Waals surface area contributed by atoms with E-state index in [0.29, 0.717) is 16.6 Å². The van der Waals surface area contributed by atoms with Gasteiger partial charge in [-0.05, 0) is 60.6 Å². The van der Waals surface area contributed by atoms with E-state index in [-0.39, 0.29) is 29.9 Å². The number of hydrogen-bond donors (Lipinski definition) is 2. The number of thiophene rings is 1. The summed E-state index contributed by atoms with van der Waals surface area (Å²) >= 11 is 1.32. The number of carbonyl (C=O) groups is 2. The maximum absolute atomic E-state index is 13.2. The Labute approximate surface area is 211 Å². The van der Waals surface area contributed by atoms with E-state index in [1.54, 1.807) is 12.3 Å². The number of carbonyl (C=O) groups excluding carboxylic acids is 2. The van der Waals surface area contributed by atoms with Crippen LogP contribution in [0.2, 0.25) is 0 Å². The number of imidazole rings is 1. The summed E-state index contributed by atoms with van der Waals surface area (Å²) in [6.07, 6.45) is 7.12. The predicted octanol–water partition coefficient (Wildman–Crippen LogP) is 4.24. The maximum atomic E-state index is 13.2. The first-order chi connectivity index (χ1) is 17.5. The summed E-state index contributed by atoms with van der Waals surface area (Å²) in [5.41, 5.74) is 2.49. The van der Waals surface area contributed by atoms with Crippen molar-refractivity contribution in [3.05, 3.63) is 66.0 Å².